The molecule has 7 heteroatoms. The van der Waals surface area contributed by atoms with Crippen LogP contribution in [0.25, 0.3) is 5.57 Å². The Labute approximate surface area is 179 Å². The molecule has 1 aromatic carbocycles. The van der Waals surface area contributed by atoms with Crippen LogP contribution in [0.3, 0.4) is 0 Å². The summed E-state index contributed by atoms with van der Waals surface area (Å²) in [5.74, 6) is 0.723. The molecule has 30 heavy (non-hydrogen) atoms. The van der Waals surface area contributed by atoms with Gasteiger partial charge in [0.15, 0.2) is 0 Å². The third kappa shape index (κ3) is 4.84. The molecule has 1 aromatic rings. The molecule has 2 amide bonds. The first-order chi connectivity index (χ1) is 14.5. The average Bonchev–Trinajstić information content (AvgIpc) is 3.01. The van der Waals surface area contributed by atoms with Crippen LogP contribution in [0, 0.1) is 5.92 Å². The average molecular weight is 416 g/mol. The largest absolute Gasteiger partial charge is 0.493 e. The number of benzene rings is 1. The summed E-state index contributed by atoms with van der Waals surface area (Å²) < 4.78 is 10.9. The van der Waals surface area contributed by atoms with Crippen molar-refractivity contribution in [1.29, 1.82) is 0 Å². The molecule has 1 fully saturated rings. The van der Waals surface area contributed by atoms with Crippen molar-refractivity contribution in [3.63, 3.8) is 0 Å². The molecule has 0 atom stereocenters. The molecular formula is C23H33N3O4. The molecule has 1 saturated heterocycles. The highest BCUT2D eigenvalue weighted by Crippen LogP contribution is 2.33. The van der Waals surface area contributed by atoms with Gasteiger partial charge in [0.2, 0.25) is 0 Å². The lowest BCUT2D eigenvalue weighted by atomic mass is 10.0. The summed E-state index contributed by atoms with van der Waals surface area (Å²) in [6.07, 6.45) is 0. The molecular weight excluding hydrogens is 382 g/mol. The van der Waals surface area contributed by atoms with E-state index in [0.29, 0.717) is 30.4 Å². The lowest BCUT2D eigenvalue weighted by molar-refractivity contribution is -0.138. The molecule has 0 bridgehead atoms. The van der Waals surface area contributed by atoms with Crippen molar-refractivity contribution < 1.29 is 19.1 Å². The van der Waals surface area contributed by atoms with Crippen molar-refractivity contribution >= 4 is 17.4 Å². The molecule has 0 unspecified atom stereocenters. The fourth-order valence-corrected chi connectivity index (χ4v) is 3.77. The number of rotatable bonds is 9. The lowest BCUT2D eigenvalue weighted by Crippen LogP contribution is -2.47. The van der Waals surface area contributed by atoms with Gasteiger partial charge in [-0.15, -0.1) is 0 Å². The van der Waals surface area contributed by atoms with Crippen molar-refractivity contribution in [1.82, 2.24) is 14.7 Å². The second-order valence-corrected chi connectivity index (χ2v) is 8.13. The zero-order chi connectivity index (χ0) is 21.7. The quantitative estimate of drug-likeness (QED) is 0.576. The van der Waals surface area contributed by atoms with E-state index < -0.39 is 0 Å². The molecule has 2 heterocycles. The first-order valence-corrected chi connectivity index (χ1v) is 10.8. The Bertz CT molecular complexity index is 780. The standard InChI is InChI=1S/C23H33N3O4/c1-5-24-10-12-25(13-11-24)21-20(22(27)26(23(21)28)14-15-29-4)18-6-8-19(9-7-18)30-16-17(2)3/h6-9,17H,5,10-16H2,1-4H3. The van der Waals surface area contributed by atoms with E-state index in [1.807, 2.05) is 24.3 Å². The summed E-state index contributed by atoms with van der Waals surface area (Å²) in [5.41, 5.74) is 1.75. The van der Waals surface area contributed by atoms with E-state index in [2.05, 4.69) is 30.6 Å². The minimum absolute atomic E-state index is 0.225. The van der Waals surface area contributed by atoms with Crippen LogP contribution in [-0.4, -0.2) is 86.1 Å². The van der Waals surface area contributed by atoms with Crippen molar-refractivity contribution in [2.75, 3.05) is 59.6 Å². The number of hydrogen-bond donors (Lipinski definition) is 0. The highest BCUT2D eigenvalue weighted by atomic mass is 16.5. The molecule has 164 valence electrons. The Morgan fingerprint density at radius 3 is 2.23 bits per heavy atom. The number of likely N-dealkylation sites (N-methyl/N-ethyl adjacent to an activating group) is 1. The van der Waals surface area contributed by atoms with Crippen molar-refractivity contribution in [3.05, 3.63) is 35.5 Å². The fourth-order valence-electron chi connectivity index (χ4n) is 3.77. The van der Waals surface area contributed by atoms with Gasteiger partial charge in [-0.05, 0) is 30.2 Å². The second-order valence-electron chi connectivity index (χ2n) is 8.13. The minimum atomic E-state index is -0.249. The van der Waals surface area contributed by atoms with Gasteiger partial charge in [0.25, 0.3) is 11.8 Å². The van der Waals surface area contributed by atoms with E-state index >= 15 is 0 Å². The Kier molecular flexibility index (Phi) is 7.50. The molecule has 0 aromatic heterocycles. The smallest absolute Gasteiger partial charge is 0.277 e. The molecule has 2 aliphatic rings. The summed E-state index contributed by atoms with van der Waals surface area (Å²) in [6, 6.07) is 7.48. The molecule has 7 nitrogen and oxygen atoms in total. The van der Waals surface area contributed by atoms with Crippen LogP contribution in [0.4, 0.5) is 0 Å². The number of piperazine rings is 1. The topological polar surface area (TPSA) is 62.3 Å². The number of carbonyl (C=O) groups excluding carboxylic acids is 2. The van der Waals surface area contributed by atoms with E-state index in [9.17, 15) is 9.59 Å². The van der Waals surface area contributed by atoms with Gasteiger partial charge < -0.3 is 19.3 Å². The van der Waals surface area contributed by atoms with E-state index in [4.69, 9.17) is 9.47 Å². The number of hydrogen-bond acceptors (Lipinski definition) is 6. The number of amides is 2. The van der Waals surface area contributed by atoms with Gasteiger partial charge in [-0.1, -0.05) is 32.9 Å². The molecule has 0 spiro atoms. The van der Waals surface area contributed by atoms with Crippen molar-refractivity contribution in [2.24, 2.45) is 5.92 Å². The predicted octanol–water partition coefficient (Wildman–Crippen LogP) is 2.09. The zero-order valence-electron chi connectivity index (χ0n) is 18.5. The molecule has 0 radical (unpaired) electrons. The molecule has 0 saturated carbocycles. The van der Waals surface area contributed by atoms with Crippen LogP contribution in [0.5, 0.6) is 5.75 Å². The highest BCUT2D eigenvalue weighted by Gasteiger charge is 2.41. The van der Waals surface area contributed by atoms with Crippen LogP contribution in [0.2, 0.25) is 0 Å². The summed E-state index contributed by atoms with van der Waals surface area (Å²) in [4.78, 5) is 32.2. The zero-order valence-corrected chi connectivity index (χ0v) is 18.5. The first-order valence-electron chi connectivity index (χ1n) is 10.8. The van der Waals surface area contributed by atoms with Gasteiger partial charge in [-0.25, -0.2) is 0 Å². The van der Waals surface area contributed by atoms with Gasteiger partial charge >= 0.3 is 0 Å². The Balaban J connectivity index is 1.90. The summed E-state index contributed by atoms with van der Waals surface area (Å²) in [7, 11) is 1.57. The number of nitrogens with zero attached hydrogens (tertiary/aromatic N) is 3. The maximum atomic E-state index is 13.2. The van der Waals surface area contributed by atoms with E-state index in [1.165, 1.54) is 4.90 Å². The number of ether oxygens (including phenoxy) is 2. The SMILES string of the molecule is CCN1CCN(C2=C(c3ccc(OCC(C)C)cc3)C(=O)N(CCOC)C2=O)CC1. The minimum Gasteiger partial charge on any atom is -0.493 e. The fraction of sp³-hybridized carbons (Fsp3) is 0.565. The lowest BCUT2D eigenvalue weighted by Gasteiger charge is -2.36. The van der Waals surface area contributed by atoms with Gasteiger partial charge in [-0.3, -0.25) is 14.5 Å². The van der Waals surface area contributed by atoms with Gasteiger partial charge in [0, 0.05) is 33.3 Å². The van der Waals surface area contributed by atoms with Crippen LogP contribution >= 0.6 is 0 Å². The first kappa shape index (κ1) is 22.3. The van der Waals surface area contributed by atoms with Crippen molar-refractivity contribution in [3.8, 4) is 5.75 Å². The summed E-state index contributed by atoms with van der Waals surface area (Å²) in [6.45, 7) is 11.8. The molecule has 2 aliphatic heterocycles. The van der Waals surface area contributed by atoms with Gasteiger partial charge in [0.1, 0.15) is 11.4 Å². The maximum absolute atomic E-state index is 13.2. The van der Waals surface area contributed by atoms with Gasteiger partial charge in [-0.2, -0.15) is 0 Å². The monoisotopic (exact) mass is 415 g/mol. The third-order valence-electron chi connectivity index (χ3n) is 5.52. The molecule has 0 aliphatic carbocycles. The summed E-state index contributed by atoms with van der Waals surface area (Å²) in [5, 5.41) is 0. The van der Waals surface area contributed by atoms with E-state index in [-0.39, 0.29) is 18.4 Å². The maximum Gasteiger partial charge on any atom is 0.277 e. The second kappa shape index (κ2) is 10.1. The predicted molar refractivity (Wildman–Crippen MR) is 116 cm³/mol. The Hall–Kier alpha value is -2.38. The third-order valence-corrected chi connectivity index (χ3v) is 5.52. The number of methoxy groups -OCH3 is 1. The van der Waals surface area contributed by atoms with Crippen LogP contribution in [0.15, 0.2) is 30.0 Å². The van der Waals surface area contributed by atoms with E-state index in [1.54, 1.807) is 7.11 Å². The van der Waals surface area contributed by atoms with Crippen LogP contribution in [-0.2, 0) is 14.3 Å². The van der Waals surface area contributed by atoms with Crippen LogP contribution in [0.1, 0.15) is 26.3 Å². The van der Waals surface area contributed by atoms with Gasteiger partial charge in [0.05, 0.1) is 25.3 Å². The molecule has 3 rings (SSSR count). The Morgan fingerprint density at radius 2 is 1.67 bits per heavy atom. The Morgan fingerprint density at radius 1 is 1.00 bits per heavy atom. The molecule has 0 N–H and O–H groups in total. The normalized spacial score (nSPS) is 18.2. The highest BCUT2D eigenvalue weighted by molar-refractivity contribution is 6.35. The summed E-state index contributed by atoms with van der Waals surface area (Å²) >= 11 is 0. The number of imide groups is 1. The van der Waals surface area contributed by atoms with Crippen molar-refractivity contribution in [2.45, 2.75) is 20.8 Å². The number of carbonyl (C=O) groups is 2. The van der Waals surface area contributed by atoms with E-state index in [0.717, 1.165) is 44.0 Å². The van der Waals surface area contributed by atoms with Crippen LogP contribution < -0.4 is 4.74 Å².